The van der Waals surface area contributed by atoms with Crippen molar-refractivity contribution in [3.05, 3.63) is 83.0 Å². The zero-order valence-electron chi connectivity index (χ0n) is 13.7. The van der Waals surface area contributed by atoms with Crippen LogP contribution in [0, 0.1) is 5.82 Å². The van der Waals surface area contributed by atoms with Gasteiger partial charge in [0.05, 0.1) is 5.69 Å². The molecule has 1 heterocycles. The lowest BCUT2D eigenvalue weighted by atomic mass is 10.1. The Hall–Kier alpha value is -2.99. The summed E-state index contributed by atoms with van der Waals surface area (Å²) in [7, 11) is 0. The average molecular weight is 371 g/mol. The predicted octanol–water partition coefficient (Wildman–Crippen LogP) is 3.99. The second kappa shape index (κ2) is 8.40. The molecule has 3 aromatic rings. The number of para-hydroxylation sites is 1. The molecule has 0 saturated heterocycles. The van der Waals surface area contributed by atoms with Gasteiger partial charge < -0.3 is 10.6 Å². The minimum absolute atomic E-state index is 0.204. The van der Waals surface area contributed by atoms with E-state index in [0.29, 0.717) is 23.8 Å². The summed E-state index contributed by atoms with van der Waals surface area (Å²) in [4.78, 5) is 20.2. The molecular formula is C19H16ClFN4O. The van der Waals surface area contributed by atoms with Gasteiger partial charge in [-0.1, -0.05) is 35.9 Å². The van der Waals surface area contributed by atoms with Crippen molar-refractivity contribution in [1.82, 2.24) is 15.3 Å². The van der Waals surface area contributed by atoms with Crippen molar-refractivity contribution in [3.8, 4) is 0 Å². The van der Waals surface area contributed by atoms with E-state index in [1.807, 2.05) is 24.3 Å². The number of benzene rings is 2. The standard InChI is InChI=1S/C19H16ClFN4O/c20-14-7-5-13(6-8-14)9-10-22-19(26)17-11-18(24-12-23-17)25-16-4-2-1-3-15(16)21/h1-8,11-12H,9-10H2,(H,22,26)(H,23,24,25). The van der Waals surface area contributed by atoms with Crippen molar-refractivity contribution >= 4 is 29.0 Å². The molecule has 2 N–H and O–H groups in total. The summed E-state index contributed by atoms with van der Waals surface area (Å²) in [5.74, 6) is -0.383. The van der Waals surface area contributed by atoms with Crippen molar-refractivity contribution < 1.29 is 9.18 Å². The number of hydrogen-bond acceptors (Lipinski definition) is 4. The lowest BCUT2D eigenvalue weighted by Gasteiger charge is -2.08. The van der Waals surface area contributed by atoms with Gasteiger partial charge in [-0.05, 0) is 36.2 Å². The molecule has 0 aliphatic heterocycles. The van der Waals surface area contributed by atoms with Gasteiger partial charge in [0.15, 0.2) is 0 Å². The summed E-state index contributed by atoms with van der Waals surface area (Å²) in [5.41, 5.74) is 1.55. The first-order valence-corrected chi connectivity index (χ1v) is 8.36. The molecule has 0 aliphatic carbocycles. The van der Waals surface area contributed by atoms with Gasteiger partial charge in [-0.15, -0.1) is 0 Å². The van der Waals surface area contributed by atoms with Crippen LogP contribution >= 0.6 is 11.6 Å². The molecule has 132 valence electrons. The van der Waals surface area contributed by atoms with Crippen LogP contribution in [0.3, 0.4) is 0 Å². The van der Waals surface area contributed by atoms with E-state index < -0.39 is 5.82 Å². The van der Waals surface area contributed by atoms with Crippen molar-refractivity contribution in [2.75, 3.05) is 11.9 Å². The van der Waals surface area contributed by atoms with Crippen molar-refractivity contribution in [1.29, 1.82) is 0 Å². The molecule has 3 rings (SSSR count). The minimum Gasteiger partial charge on any atom is -0.350 e. The molecule has 0 aliphatic rings. The lowest BCUT2D eigenvalue weighted by molar-refractivity contribution is 0.0949. The topological polar surface area (TPSA) is 66.9 Å². The Morgan fingerprint density at radius 1 is 1.08 bits per heavy atom. The van der Waals surface area contributed by atoms with Gasteiger partial charge >= 0.3 is 0 Å². The van der Waals surface area contributed by atoms with Gasteiger partial charge in [0.1, 0.15) is 23.7 Å². The van der Waals surface area contributed by atoms with Gasteiger partial charge in [-0.3, -0.25) is 4.79 Å². The van der Waals surface area contributed by atoms with Gasteiger partial charge in [0, 0.05) is 17.6 Å². The van der Waals surface area contributed by atoms with E-state index in [9.17, 15) is 9.18 Å². The molecule has 0 radical (unpaired) electrons. The number of halogens is 2. The third-order valence-corrected chi connectivity index (χ3v) is 3.90. The highest BCUT2D eigenvalue weighted by Crippen LogP contribution is 2.18. The molecule has 0 spiro atoms. The molecule has 0 unspecified atom stereocenters. The van der Waals surface area contributed by atoms with Crippen molar-refractivity contribution in [2.24, 2.45) is 0 Å². The molecule has 0 saturated carbocycles. The average Bonchev–Trinajstić information content (AvgIpc) is 2.65. The Labute approximate surface area is 155 Å². The fourth-order valence-corrected chi connectivity index (χ4v) is 2.44. The first-order chi connectivity index (χ1) is 12.6. The highest BCUT2D eigenvalue weighted by atomic mass is 35.5. The molecule has 0 bridgehead atoms. The van der Waals surface area contributed by atoms with E-state index in [1.165, 1.54) is 18.5 Å². The van der Waals surface area contributed by atoms with E-state index >= 15 is 0 Å². The molecular weight excluding hydrogens is 355 g/mol. The van der Waals surface area contributed by atoms with Crippen molar-refractivity contribution in [3.63, 3.8) is 0 Å². The Kier molecular flexibility index (Phi) is 5.76. The summed E-state index contributed by atoms with van der Waals surface area (Å²) in [6.45, 7) is 0.459. The number of carbonyl (C=O) groups is 1. The number of anilines is 2. The van der Waals surface area contributed by atoms with Crippen LogP contribution in [0.5, 0.6) is 0 Å². The number of rotatable bonds is 6. The Bertz CT molecular complexity index is 902. The molecule has 5 nitrogen and oxygen atoms in total. The molecule has 0 atom stereocenters. The van der Waals surface area contributed by atoms with E-state index in [0.717, 1.165) is 5.56 Å². The Morgan fingerprint density at radius 3 is 2.62 bits per heavy atom. The van der Waals surface area contributed by atoms with Crippen LogP contribution in [0.25, 0.3) is 0 Å². The van der Waals surface area contributed by atoms with Crippen LogP contribution in [0.15, 0.2) is 60.9 Å². The molecule has 1 aromatic heterocycles. The highest BCUT2D eigenvalue weighted by Gasteiger charge is 2.09. The zero-order chi connectivity index (χ0) is 18.4. The maximum atomic E-state index is 13.7. The fourth-order valence-electron chi connectivity index (χ4n) is 2.31. The van der Waals surface area contributed by atoms with Crippen LogP contribution in [0.4, 0.5) is 15.9 Å². The van der Waals surface area contributed by atoms with E-state index in [1.54, 1.807) is 18.2 Å². The quantitative estimate of drug-likeness (QED) is 0.688. The Morgan fingerprint density at radius 2 is 1.85 bits per heavy atom. The summed E-state index contributed by atoms with van der Waals surface area (Å²) in [5, 5.41) is 6.31. The minimum atomic E-state index is -0.403. The maximum absolute atomic E-state index is 13.7. The van der Waals surface area contributed by atoms with Gasteiger partial charge in [-0.2, -0.15) is 0 Å². The van der Waals surface area contributed by atoms with Gasteiger partial charge in [0.25, 0.3) is 5.91 Å². The summed E-state index contributed by atoms with van der Waals surface area (Å²) >= 11 is 5.85. The highest BCUT2D eigenvalue weighted by molar-refractivity contribution is 6.30. The number of nitrogens with zero attached hydrogens (tertiary/aromatic N) is 2. The fraction of sp³-hybridized carbons (Fsp3) is 0.105. The van der Waals surface area contributed by atoms with Crippen LogP contribution in [-0.2, 0) is 6.42 Å². The number of amides is 1. The van der Waals surface area contributed by atoms with Crippen LogP contribution < -0.4 is 10.6 Å². The second-order valence-corrected chi connectivity index (χ2v) is 5.96. The number of hydrogen-bond donors (Lipinski definition) is 2. The second-order valence-electron chi connectivity index (χ2n) is 5.53. The SMILES string of the molecule is O=C(NCCc1ccc(Cl)cc1)c1cc(Nc2ccccc2F)ncn1. The molecule has 2 aromatic carbocycles. The maximum Gasteiger partial charge on any atom is 0.270 e. The monoisotopic (exact) mass is 370 g/mol. The zero-order valence-corrected chi connectivity index (χ0v) is 14.5. The normalized spacial score (nSPS) is 10.4. The van der Waals surface area contributed by atoms with E-state index in [2.05, 4.69) is 20.6 Å². The first-order valence-electron chi connectivity index (χ1n) is 7.98. The molecule has 1 amide bonds. The largest absolute Gasteiger partial charge is 0.350 e. The van der Waals surface area contributed by atoms with Crippen molar-refractivity contribution in [2.45, 2.75) is 6.42 Å². The third kappa shape index (κ3) is 4.77. The predicted molar refractivity (Wildman–Crippen MR) is 99.2 cm³/mol. The third-order valence-electron chi connectivity index (χ3n) is 3.65. The van der Waals surface area contributed by atoms with Gasteiger partial charge in [0.2, 0.25) is 0 Å². The molecule has 26 heavy (non-hydrogen) atoms. The molecule has 0 fully saturated rings. The van der Waals surface area contributed by atoms with Crippen LogP contribution in [0.1, 0.15) is 16.1 Å². The number of nitrogens with one attached hydrogen (secondary N) is 2. The summed E-state index contributed by atoms with van der Waals surface area (Å²) in [6.07, 6.45) is 1.94. The summed E-state index contributed by atoms with van der Waals surface area (Å²) in [6, 6.07) is 15.1. The smallest absolute Gasteiger partial charge is 0.270 e. The summed E-state index contributed by atoms with van der Waals surface area (Å²) < 4.78 is 13.7. The van der Waals surface area contributed by atoms with Crippen LogP contribution in [0.2, 0.25) is 5.02 Å². The number of aromatic nitrogens is 2. The first kappa shape index (κ1) is 17.8. The van der Waals surface area contributed by atoms with E-state index in [4.69, 9.17) is 11.6 Å². The van der Waals surface area contributed by atoms with Gasteiger partial charge in [-0.25, -0.2) is 14.4 Å². The van der Waals surface area contributed by atoms with Crippen LogP contribution in [-0.4, -0.2) is 22.4 Å². The lowest BCUT2D eigenvalue weighted by Crippen LogP contribution is -2.26. The Balaban J connectivity index is 1.59. The number of carbonyl (C=O) groups excluding carboxylic acids is 1. The molecule has 7 heteroatoms. The van der Waals surface area contributed by atoms with E-state index in [-0.39, 0.29) is 17.3 Å².